The lowest BCUT2D eigenvalue weighted by Gasteiger charge is -2.19. The summed E-state index contributed by atoms with van der Waals surface area (Å²) in [5, 5.41) is 9.75. The molecule has 27 heavy (non-hydrogen) atoms. The fraction of sp³-hybridized carbons (Fsp3) is 0.905. The van der Waals surface area contributed by atoms with Crippen LogP contribution in [0, 0.1) is 5.41 Å². The van der Waals surface area contributed by atoms with Gasteiger partial charge in [0.2, 0.25) is 5.91 Å². The van der Waals surface area contributed by atoms with Crippen molar-refractivity contribution in [1.82, 2.24) is 16.0 Å². The van der Waals surface area contributed by atoms with Crippen molar-refractivity contribution in [2.24, 2.45) is 11.1 Å². The summed E-state index contributed by atoms with van der Waals surface area (Å²) >= 11 is 0. The highest BCUT2D eigenvalue weighted by atomic mass is 16.1. The van der Waals surface area contributed by atoms with Gasteiger partial charge in [-0.25, -0.2) is 0 Å². The van der Waals surface area contributed by atoms with Crippen molar-refractivity contribution in [2.45, 2.75) is 91.1 Å². The molecule has 0 aromatic rings. The number of amides is 1. The highest BCUT2D eigenvalue weighted by Crippen LogP contribution is 2.12. The topological polar surface area (TPSA) is 96.2 Å². The average Bonchev–Trinajstić information content (AvgIpc) is 2.58. The van der Waals surface area contributed by atoms with E-state index >= 15 is 0 Å². The van der Waals surface area contributed by atoms with Gasteiger partial charge in [-0.3, -0.25) is 9.59 Å². The van der Waals surface area contributed by atoms with Crippen LogP contribution >= 0.6 is 0 Å². The summed E-state index contributed by atoms with van der Waals surface area (Å²) in [6, 6.07) is -0.282. The number of rotatable bonds is 17. The van der Waals surface area contributed by atoms with Crippen LogP contribution in [0.5, 0.6) is 0 Å². The van der Waals surface area contributed by atoms with Crippen molar-refractivity contribution in [3.8, 4) is 0 Å². The molecule has 2 atom stereocenters. The summed E-state index contributed by atoms with van der Waals surface area (Å²) in [6.07, 6.45) is 7.15. The molecule has 0 radical (unpaired) electrons. The summed E-state index contributed by atoms with van der Waals surface area (Å²) in [4.78, 5) is 23.7. The summed E-state index contributed by atoms with van der Waals surface area (Å²) < 4.78 is 0. The van der Waals surface area contributed by atoms with Gasteiger partial charge < -0.3 is 21.7 Å². The van der Waals surface area contributed by atoms with E-state index in [9.17, 15) is 9.59 Å². The highest BCUT2D eigenvalue weighted by Gasteiger charge is 2.17. The Kier molecular flexibility index (Phi) is 14.5. The van der Waals surface area contributed by atoms with Gasteiger partial charge in [-0.15, -0.1) is 0 Å². The zero-order valence-corrected chi connectivity index (χ0v) is 18.3. The first-order valence-electron chi connectivity index (χ1n) is 10.6. The SMILES string of the molecule is CCNC(CCCCNCC(C)(C)C)C(=O)CCCCCC(NC)C(N)=O. The van der Waals surface area contributed by atoms with Gasteiger partial charge in [0.1, 0.15) is 5.78 Å². The van der Waals surface area contributed by atoms with E-state index in [1.165, 1.54) is 0 Å². The van der Waals surface area contributed by atoms with Crippen LogP contribution in [0.2, 0.25) is 0 Å². The third-order valence-electron chi connectivity index (χ3n) is 4.70. The van der Waals surface area contributed by atoms with Gasteiger partial charge in [0.15, 0.2) is 0 Å². The first kappa shape index (κ1) is 26.0. The van der Waals surface area contributed by atoms with Crippen molar-refractivity contribution in [3.05, 3.63) is 0 Å². The van der Waals surface area contributed by atoms with Gasteiger partial charge in [0, 0.05) is 6.42 Å². The molecule has 0 aliphatic heterocycles. The number of hydrogen-bond donors (Lipinski definition) is 4. The monoisotopic (exact) mass is 384 g/mol. The third-order valence-corrected chi connectivity index (χ3v) is 4.70. The minimum atomic E-state index is -0.308. The summed E-state index contributed by atoms with van der Waals surface area (Å²) in [5.41, 5.74) is 5.63. The lowest BCUT2D eigenvalue weighted by atomic mass is 9.97. The molecular weight excluding hydrogens is 340 g/mol. The van der Waals surface area contributed by atoms with Crippen LogP contribution in [0.15, 0.2) is 0 Å². The number of likely N-dealkylation sites (N-methyl/N-ethyl adjacent to an activating group) is 2. The summed E-state index contributed by atoms with van der Waals surface area (Å²) in [7, 11) is 1.75. The van der Waals surface area contributed by atoms with Gasteiger partial charge in [-0.1, -0.05) is 47.0 Å². The molecule has 0 heterocycles. The minimum absolute atomic E-state index is 0.0201. The molecule has 6 nitrogen and oxygen atoms in total. The Morgan fingerprint density at radius 2 is 1.59 bits per heavy atom. The van der Waals surface area contributed by atoms with E-state index in [4.69, 9.17) is 5.73 Å². The van der Waals surface area contributed by atoms with E-state index in [2.05, 4.69) is 36.7 Å². The molecule has 0 aromatic carbocycles. The Bertz CT molecular complexity index is 407. The molecule has 1 amide bonds. The van der Waals surface area contributed by atoms with Crippen LogP contribution in [-0.2, 0) is 9.59 Å². The largest absolute Gasteiger partial charge is 0.368 e. The molecule has 0 spiro atoms. The van der Waals surface area contributed by atoms with E-state index in [0.29, 0.717) is 17.6 Å². The van der Waals surface area contributed by atoms with Crippen molar-refractivity contribution >= 4 is 11.7 Å². The predicted molar refractivity (Wildman–Crippen MR) is 114 cm³/mol. The first-order chi connectivity index (χ1) is 12.7. The Morgan fingerprint density at radius 1 is 0.963 bits per heavy atom. The van der Waals surface area contributed by atoms with Gasteiger partial charge in [0.05, 0.1) is 12.1 Å². The van der Waals surface area contributed by atoms with E-state index in [1.807, 2.05) is 6.92 Å². The predicted octanol–water partition coefficient (Wildman–Crippen LogP) is 2.36. The molecule has 2 unspecified atom stereocenters. The Labute approximate surface area is 166 Å². The van der Waals surface area contributed by atoms with E-state index in [0.717, 1.165) is 64.6 Å². The van der Waals surface area contributed by atoms with E-state index < -0.39 is 0 Å². The number of carbonyl (C=O) groups excluding carboxylic acids is 2. The molecule has 0 aliphatic rings. The summed E-state index contributed by atoms with van der Waals surface area (Å²) in [6.45, 7) is 11.6. The van der Waals surface area contributed by atoms with Crippen molar-refractivity contribution in [1.29, 1.82) is 0 Å². The van der Waals surface area contributed by atoms with Crippen molar-refractivity contribution < 1.29 is 9.59 Å². The Hall–Kier alpha value is -0.980. The van der Waals surface area contributed by atoms with Gasteiger partial charge in [0.25, 0.3) is 0 Å². The lowest BCUT2D eigenvalue weighted by molar-refractivity contribution is -0.121. The average molecular weight is 385 g/mol. The van der Waals surface area contributed by atoms with Crippen LogP contribution < -0.4 is 21.7 Å². The second-order valence-electron chi connectivity index (χ2n) is 8.65. The van der Waals surface area contributed by atoms with Crippen LogP contribution in [0.25, 0.3) is 0 Å². The lowest BCUT2D eigenvalue weighted by Crippen LogP contribution is -2.39. The number of Topliss-reactive ketones (excluding diaryl/α,β-unsaturated/α-hetero) is 1. The van der Waals surface area contributed by atoms with Crippen LogP contribution in [0.3, 0.4) is 0 Å². The maximum atomic E-state index is 12.5. The van der Waals surface area contributed by atoms with Crippen LogP contribution in [0.4, 0.5) is 0 Å². The Balaban J connectivity index is 3.95. The second kappa shape index (κ2) is 15.0. The van der Waals surface area contributed by atoms with Crippen molar-refractivity contribution in [2.75, 3.05) is 26.7 Å². The minimum Gasteiger partial charge on any atom is -0.368 e. The molecule has 160 valence electrons. The zero-order chi connectivity index (χ0) is 20.7. The van der Waals surface area contributed by atoms with E-state index in [1.54, 1.807) is 7.05 Å². The molecule has 0 fully saturated rings. The molecule has 0 rings (SSSR count). The normalized spacial score (nSPS) is 14.1. The molecule has 5 N–H and O–H groups in total. The number of primary amides is 1. The van der Waals surface area contributed by atoms with E-state index in [-0.39, 0.29) is 18.0 Å². The maximum absolute atomic E-state index is 12.5. The number of unbranched alkanes of at least 4 members (excludes halogenated alkanes) is 3. The Morgan fingerprint density at radius 3 is 2.15 bits per heavy atom. The second-order valence-corrected chi connectivity index (χ2v) is 8.65. The molecule has 6 heteroatoms. The number of nitrogens with one attached hydrogen (secondary N) is 3. The standard InChI is InChI=1S/C21H44N4O2/c1-6-25-17(12-10-11-15-24-16-21(2,3)4)19(26)14-9-7-8-13-18(23-5)20(22)27/h17-18,23-25H,6-16H2,1-5H3,(H2,22,27). The van der Waals surface area contributed by atoms with Crippen LogP contribution in [-0.4, -0.2) is 50.5 Å². The van der Waals surface area contributed by atoms with Gasteiger partial charge in [-0.05, 0) is 57.8 Å². The third kappa shape index (κ3) is 14.7. The zero-order valence-electron chi connectivity index (χ0n) is 18.3. The smallest absolute Gasteiger partial charge is 0.234 e. The number of hydrogen-bond acceptors (Lipinski definition) is 5. The fourth-order valence-electron chi connectivity index (χ4n) is 3.11. The number of nitrogens with two attached hydrogens (primary N) is 1. The molecule has 0 aliphatic carbocycles. The molecule has 0 saturated carbocycles. The van der Waals surface area contributed by atoms with Gasteiger partial charge >= 0.3 is 0 Å². The van der Waals surface area contributed by atoms with Crippen molar-refractivity contribution in [3.63, 3.8) is 0 Å². The van der Waals surface area contributed by atoms with Gasteiger partial charge in [-0.2, -0.15) is 0 Å². The molecule has 0 saturated heterocycles. The molecule has 0 aromatic heterocycles. The fourth-order valence-corrected chi connectivity index (χ4v) is 3.11. The number of ketones is 1. The highest BCUT2D eigenvalue weighted by molar-refractivity contribution is 5.83. The molecule has 0 bridgehead atoms. The molecular formula is C21H44N4O2. The summed E-state index contributed by atoms with van der Waals surface area (Å²) in [5.74, 6) is 0.0114. The van der Waals surface area contributed by atoms with Crippen LogP contribution in [0.1, 0.15) is 79.1 Å². The first-order valence-corrected chi connectivity index (χ1v) is 10.6. The maximum Gasteiger partial charge on any atom is 0.234 e. The quantitative estimate of drug-likeness (QED) is 0.289. The number of carbonyl (C=O) groups is 2.